The summed E-state index contributed by atoms with van der Waals surface area (Å²) in [5.74, 6) is -1.22. The molecule has 24 heavy (non-hydrogen) atoms. The molecule has 0 saturated heterocycles. The van der Waals surface area contributed by atoms with Crippen molar-refractivity contribution in [2.24, 2.45) is 0 Å². The Bertz CT molecular complexity index is 784. The Morgan fingerprint density at radius 3 is 2.54 bits per heavy atom. The van der Waals surface area contributed by atoms with Crippen LogP contribution >= 0.6 is 0 Å². The van der Waals surface area contributed by atoms with E-state index < -0.39 is 23.5 Å². The summed E-state index contributed by atoms with van der Waals surface area (Å²) < 4.78 is 20.0. The number of hydrogen-bond donors (Lipinski definition) is 1. The first-order valence-electron chi connectivity index (χ1n) is 7.65. The number of halogens is 1. The zero-order valence-corrected chi connectivity index (χ0v) is 13.2. The van der Waals surface area contributed by atoms with Crippen LogP contribution in [0.4, 0.5) is 4.39 Å². The average Bonchev–Trinajstić information content (AvgIpc) is 2.64. The third kappa shape index (κ3) is 2.61. The summed E-state index contributed by atoms with van der Waals surface area (Å²) in [5, 5.41) is 10.5. The molecule has 0 bridgehead atoms. The number of aliphatic hydroxyl groups excluding tert-OH is 1. The van der Waals surface area contributed by atoms with E-state index in [-0.39, 0.29) is 12.0 Å². The molecule has 124 valence electrons. The smallest absolute Gasteiger partial charge is 0.337 e. The number of Topliss-reactive ketones (excluding diaryl/α,β-unsaturated/α-hetero) is 1. The number of esters is 1. The Kier molecular flexibility index (Phi) is 4.20. The van der Waals surface area contributed by atoms with Crippen LogP contribution in [0, 0.1) is 0 Å². The van der Waals surface area contributed by atoms with Crippen molar-refractivity contribution in [1.82, 2.24) is 0 Å². The van der Waals surface area contributed by atoms with Crippen LogP contribution in [-0.2, 0) is 11.2 Å². The maximum absolute atomic E-state index is 15.4. The molecular weight excluding hydrogens is 311 g/mol. The van der Waals surface area contributed by atoms with E-state index in [0.29, 0.717) is 17.5 Å². The van der Waals surface area contributed by atoms with Gasteiger partial charge in [-0.1, -0.05) is 36.4 Å². The largest absolute Gasteiger partial charge is 0.465 e. The van der Waals surface area contributed by atoms with Gasteiger partial charge in [0.15, 0.2) is 0 Å². The number of hydrogen-bond acceptors (Lipinski definition) is 4. The quantitative estimate of drug-likeness (QED) is 0.880. The van der Waals surface area contributed by atoms with Crippen LogP contribution in [0.1, 0.15) is 44.4 Å². The number of aryl methyl sites for hydroxylation is 1. The first kappa shape index (κ1) is 16.3. The number of aliphatic hydroxyl groups is 1. The van der Waals surface area contributed by atoms with Gasteiger partial charge in [-0.3, -0.25) is 4.79 Å². The minimum atomic E-state index is -2.37. The standard InChI is InChI=1S/C19H17FO4/c1-24-18(23)14-8-6-13(7-9-14)16(21)19(20)11-10-12-4-2-3-5-15(12)17(19)22/h2-9,16,21H,10-11H2,1H3/t16-,19+/m0/s1. The molecule has 2 aromatic carbocycles. The molecule has 0 fully saturated rings. The van der Waals surface area contributed by atoms with Gasteiger partial charge < -0.3 is 9.84 Å². The van der Waals surface area contributed by atoms with Crippen molar-refractivity contribution in [1.29, 1.82) is 0 Å². The van der Waals surface area contributed by atoms with Crippen LogP contribution < -0.4 is 0 Å². The van der Waals surface area contributed by atoms with Crippen molar-refractivity contribution in [3.05, 3.63) is 70.8 Å². The van der Waals surface area contributed by atoms with Crippen LogP contribution in [0.5, 0.6) is 0 Å². The number of ketones is 1. The minimum Gasteiger partial charge on any atom is -0.465 e. The number of fused-ring (bicyclic) bond motifs is 1. The average molecular weight is 328 g/mol. The molecule has 1 aliphatic carbocycles. The molecule has 0 spiro atoms. The van der Waals surface area contributed by atoms with Gasteiger partial charge in [0.2, 0.25) is 11.5 Å². The molecule has 2 aromatic rings. The predicted octanol–water partition coefficient (Wildman–Crippen LogP) is 3.04. The van der Waals surface area contributed by atoms with Gasteiger partial charge in [-0.15, -0.1) is 0 Å². The fraction of sp³-hybridized carbons (Fsp3) is 0.263. The molecule has 0 unspecified atom stereocenters. The van der Waals surface area contributed by atoms with E-state index in [2.05, 4.69) is 4.74 Å². The normalized spacial score (nSPS) is 21.0. The topological polar surface area (TPSA) is 63.6 Å². The molecule has 1 N–H and O–H groups in total. The monoisotopic (exact) mass is 328 g/mol. The van der Waals surface area contributed by atoms with Gasteiger partial charge in [-0.25, -0.2) is 9.18 Å². The van der Waals surface area contributed by atoms with E-state index in [1.165, 1.54) is 31.4 Å². The summed E-state index contributed by atoms with van der Waals surface area (Å²) in [6.07, 6.45) is -1.29. The second kappa shape index (κ2) is 6.17. The second-order valence-electron chi connectivity index (χ2n) is 5.86. The van der Waals surface area contributed by atoms with Crippen molar-refractivity contribution >= 4 is 11.8 Å². The Morgan fingerprint density at radius 1 is 1.21 bits per heavy atom. The van der Waals surface area contributed by atoms with Gasteiger partial charge in [0.25, 0.3) is 0 Å². The van der Waals surface area contributed by atoms with Gasteiger partial charge in [0.05, 0.1) is 12.7 Å². The lowest BCUT2D eigenvalue weighted by atomic mass is 9.76. The summed E-state index contributed by atoms with van der Waals surface area (Å²) in [4.78, 5) is 24.0. The van der Waals surface area contributed by atoms with Crippen LogP contribution in [-0.4, -0.2) is 29.6 Å². The molecule has 4 nitrogen and oxygen atoms in total. The molecule has 0 heterocycles. The number of alkyl halides is 1. The number of carbonyl (C=O) groups is 2. The highest BCUT2D eigenvalue weighted by Gasteiger charge is 2.49. The predicted molar refractivity (Wildman–Crippen MR) is 85.7 cm³/mol. The lowest BCUT2D eigenvalue weighted by molar-refractivity contribution is -0.00675. The zero-order chi connectivity index (χ0) is 17.3. The van der Waals surface area contributed by atoms with Crippen LogP contribution in [0.3, 0.4) is 0 Å². The van der Waals surface area contributed by atoms with Crippen molar-refractivity contribution < 1.29 is 23.8 Å². The number of methoxy groups -OCH3 is 1. The maximum atomic E-state index is 15.4. The van der Waals surface area contributed by atoms with Gasteiger partial charge in [0.1, 0.15) is 6.10 Å². The fourth-order valence-corrected chi connectivity index (χ4v) is 3.06. The van der Waals surface area contributed by atoms with Gasteiger partial charge in [0, 0.05) is 5.56 Å². The summed E-state index contributed by atoms with van der Waals surface area (Å²) in [6, 6.07) is 12.6. The SMILES string of the molecule is COC(=O)c1ccc([C@H](O)[C@]2(F)CCc3ccccc3C2=O)cc1. The van der Waals surface area contributed by atoms with Crippen molar-refractivity contribution in [2.45, 2.75) is 24.6 Å². The van der Waals surface area contributed by atoms with E-state index in [1.54, 1.807) is 24.3 Å². The molecule has 2 atom stereocenters. The highest BCUT2D eigenvalue weighted by molar-refractivity contribution is 6.05. The number of benzene rings is 2. The number of carbonyl (C=O) groups excluding carboxylic acids is 2. The third-order valence-corrected chi connectivity index (χ3v) is 4.48. The lowest BCUT2D eigenvalue weighted by Crippen LogP contribution is -2.44. The maximum Gasteiger partial charge on any atom is 0.337 e. The van der Waals surface area contributed by atoms with E-state index >= 15 is 4.39 Å². The molecule has 5 heteroatoms. The fourth-order valence-electron chi connectivity index (χ4n) is 3.06. The van der Waals surface area contributed by atoms with E-state index in [4.69, 9.17) is 0 Å². The Morgan fingerprint density at radius 2 is 1.88 bits per heavy atom. The molecule has 0 radical (unpaired) electrons. The molecule has 1 aliphatic rings. The summed E-state index contributed by atoms with van der Waals surface area (Å²) in [5.41, 5.74) is -0.721. The minimum absolute atomic E-state index is 0.0806. The van der Waals surface area contributed by atoms with Crippen LogP contribution in [0.15, 0.2) is 48.5 Å². The molecule has 0 saturated carbocycles. The highest BCUT2D eigenvalue weighted by atomic mass is 19.1. The van der Waals surface area contributed by atoms with Crippen molar-refractivity contribution in [2.75, 3.05) is 7.11 Å². The summed E-state index contributed by atoms with van der Waals surface area (Å²) in [6.45, 7) is 0. The first-order valence-corrected chi connectivity index (χ1v) is 7.65. The van der Waals surface area contributed by atoms with Crippen LogP contribution in [0.2, 0.25) is 0 Å². The van der Waals surface area contributed by atoms with E-state index in [1.807, 2.05) is 0 Å². The van der Waals surface area contributed by atoms with E-state index in [9.17, 15) is 14.7 Å². The van der Waals surface area contributed by atoms with Crippen molar-refractivity contribution in [3.8, 4) is 0 Å². The van der Waals surface area contributed by atoms with Gasteiger partial charge in [-0.2, -0.15) is 0 Å². The zero-order valence-electron chi connectivity index (χ0n) is 13.2. The molecule has 0 aromatic heterocycles. The number of ether oxygens (including phenoxy) is 1. The van der Waals surface area contributed by atoms with Gasteiger partial charge in [-0.05, 0) is 36.1 Å². The van der Waals surface area contributed by atoms with Crippen LogP contribution in [0.25, 0.3) is 0 Å². The molecule has 3 rings (SSSR count). The first-order chi connectivity index (χ1) is 11.5. The Balaban J connectivity index is 1.91. The molecule has 0 aliphatic heterocycles. The Labute approximate surface area is 138 Å². The summed E-state index contributed by atoms with van der Waals surface area (Å²) >= 11 is 0. The third-order valence-electron chi connectivity index (χ3n) is 4.48. The molecule has 0 amide bonds. The lowest BCUT2D eigenvalue weighted by Gasteiger charge is -2.33. The van der Waals surface area contributed by atoms with E-state index in [0.717, 1.165) is 5.56 Å². The van der Waals surface area contributed by atoms with Gasteiger partial charge >= 0.3 is 5.97 Å². The highest BCUT2D eigenvalue weighted by Crippen LogP contribution is 2.40. The van der Waals surface area contributed by atoms with Crippen molar-refractivity contribution in [3.63, 3.8) is 0 Å². The Hall–Kier alpha value is -2.53. The molecular formula is C19H17FO4. The second-order valence-corrected chi connectivity index (χ2v) is 5.86. The number of rotatable bonds is 3. The summed E-state index contributed by atoms with van der Waals surface area (Å²) in [7, 11) is 1.26.